The Morgan fingerprint density at radius 1 is 1.43 bits per heavy atom. The van der Waals surface area contributed by atoms with Crippen LogP contribution in [0.3, 0.4) is 0 Å². The van der Waals surface area contributed by atoms with Crippen molar-refractivity contribution in [3.05, 3.63) is 22.7 Å². The summed E-state index contributed by atoms with van der Waals surface area (Å²) >= 11 is 5.81. The highest BCUT2D eigenvalue weighted by Gasteiger charge is 2.27. The van der Waals surface area contributed by atoms with Crippen LogP contribution in [-0.2, 0) is 6.42 Å². The molecule has 0 fully saturated rings. The molecule has 0 spiro atoms. The van der Waals surface area contributed by atoms with Crippen LogP contribution in [0.5, 0.6) is 11.5 Å². The fraction of sp³-hybridized carbons (Fsp3) is 0.455. The van der Waals surface area contributed by atoms with Crippen molar-refractivity contribution in [2.24, 2.45) is 0 Å². The number of aryl methyl sites for hydroxylation is 1. The lowest BCUT2D eigenvalue weighted by molar-refractivity contribution is 0.0844. The van der Waals surface area contributed by atoms with E-state index >= 15 is 0 Å². The molecule has 1 aliphatic heterocycles. The van der Waals surface area contributed by atoms with Crippen LogP contribution < -0.4 is 4.74 Å². The molecule has 76 valence electrons. The number of phenols is 1. The number of aromatic hydroxyl groups is 1. The van der Waals surface area contributed by atoms with E-state index in [4.69, 9.17) is 16.3 Å². The lowest BCUT2D eigenvalue weighted by atomic mass is 9.94. The van der Waals surface area contributed by atoms with Crippen LogP contribution in [0.15, 0.2) is 12.1 Å². The Morgan fingerprint density at radius 2 is 2.14 bits per heavy atom. The van der Waals surface area contributed by atoms with Gasteiger partial charge < -0.3 is 9.84 Å². The monoisotopic (exact) mass is 212 g/mol. The van der Waals surface area contributed by atoms with Gasteiger partial charge in [-0.2, -0.15) is 0 Å². The van der Waals surface area contributed by atoms with Crippen LogP contribution in [0, 0.1) is 0 Å². The normalized spacial score (nSPS) is 18.5. The third kappa shape index (κ3) is 1.67. The summed E-state index contributed by atoms with van der Waals surface area (Å²) in [5, 5.41) is 9.83. The molecule has 0 atom stereocenters. The van der Waals surface area contributed by atoms with Gasteiger partial charge >= 0.3 is 0 Å². The van der Waals surface area contributed by atoms with E-state index in [1.165, 1.54) is 0 Å². The van der Waals surface area contributed by atoms with Crippen LogP contribution >= 0.6 is 11.6 Å². The third-order valence-corrected chi connectivity index (χ3v) is 2.82. The first kappa shape index (κ1) is 9.66. The molecular formula is C11H13ClO2. The molecule has 2 rings (SSSR count). The number of phenolic OH excluding ortho intramolecular Hbond substituents is 1. The second kappa shape index (κ2) is 3.06. The number of hydrogen-bond acceptors (Lipinski definition) is 2. The highest BCUT2D eigenvalue weighted by Crippen LogP contribution is 2.38. The van der Waals surface area contributed by atoms with E-state index in [0.717, 1.165) is 24.2 Å². The Hall–Kier alpha value is -0.890. The molecule has 1 aromatic carbocycles. The molecule has 1 aliphatic rings. The largest absolute Gasteiger partial charge is 0.506 e. The molecule has 0 aromatic heterocycles. The third-order valence-electron chi connectivity index (χ3n) is 2.51. The fourth-order valence-electron chi connectivity index (χ4n) is 1.66. The molecule has 3 heteroatoms. The van der Waals surface area contributed by atoms with Gasteiger partial charge in [0.2, 0.25) is 0 Å². The minimum absolute atomic E-state index is 0.0862. The number of rotatable bonds is 0. The van der Waals surface area contributed by atoms with Crippen molar-refractivity contribution >= 4 is 11.6 Å². The molecule has 2 nitrogen and oxygen atoms in total. The minimum Gasteiger partial charge on any atom is -0.506 e. The minimum atomic E-state index is -0.146. The molecule has 1 aromatic rings. The van der Waals surface area contributed by atoms with Gasteiger partial charge in [-0.1, -0.05) is 11.6 Å². The predicted octanol–water partition coefficient (Wildman–Crippen LogP) is 3.15. The molecule has 0 saturated heterocycles. The Kier molecular flexibility index (Phi) is 2.11. The SMILES string of the molecule is CC1(C)CCc2cc(Cl)c(O)cc2O1. The van der Waals surface area contributed by atoms with E-state index in [0.29, 0.717) is 5.02 Å². The van der Waals surface area contributed by atoms with Gasteiger partial charge in [0.1, 0.15) is 17.1 Å². The first-order chi connectivity index (χ1) is 6.48. The second-order valence-electron chi connectivity index (χ2n) is 4.27. The average molecular weight is 213 g/mol. The summed E-state index contributed by atoms with van der Waals surface area (Å²) in [6.07, 6.45) is 1.92. The molecule has 0 bridgehead atoms. The predicted molar refractivity (Wildman–Crippen MR) is 56.1 cm³/mol. The molecule has 0 saturated carbocycles. The summed E-state index contributed by atoms with van der Waals surface area (Å²) in [6.45, 7) is 4.09. The summed E-state index contributed by atoms with van der Waals surface area (Å²) in [7, 11) is 0. The first-order valence-corrected chi connectivity index (χ1v) is 5.06. The van der Waals surface area contributed by atoms with Gasteiger partial charge in [-0.15, -0.1) is 0 Å². The van der Waals surface area contributed by atoms with Gasteiger partial charge in [0.15, 0.2) is 0 Å². The van der Waals surface area contributed by atoms with E-state index in [1.54, 1.807) is 12.1 Å². The summed E-state index contributed by atoms with van der Waals surface area (Å²) in [4.78, 5) is 0. The summed E-state index contributed by atoms with van der Waals surface area (Å²) in [6, 6.07) is 3.38. The highest BCUT2D eigenvalue weighted by atomic mass is 35.5. The standard InChI is InChI=1S/C11H13ClO2/c1-11(2)4-3-7-5-8(12)9(13)6-10(7)14-11/h5-6,13H,3-4H2,1-2H3. The van der Waals surface area contributed by atoms with E-state index < -0.39 is 0 Å². The van der Waals surface area contributed by atoms with Crippen molar-refractivity contribution in [3.63, 3.8) is 0 Å². The lowest BCUT2D eigenvalue weighted by Crippen LogP contribution is -2.32. The fourth-order valence-corrected chi connectivity index (χ4v) is 1.84. The van der Waals surface area contributed by atoms with Crippen molar-refractivity contribution in [3.8, 4) is 11.5 Å². The summed E-state index contributed by atoms with van der Waals surface area (Å²) in [5.41, 5.74) is 0.930. The molecule has 0 amide bonds. The summed E-state index contributed by atoms with van der Waals surface area (Å²) in [5.74, 6) is 0.839. The second-order valence-corrected chi connectivity index (χ2v) is 4.68. The molecule has 0 radical (unpaired) electrons. The topological polar surface area (TPSA) is 29.5 Å². The Labute approximate surface area is 88.5 Å². The van der Waals surface area contributed by atoms with Crippen LogP contribution in [-0.4, -0.2) is 10.7 Å². The van der Waals surface area contributed by atoms with Crippen LogP contribution in [0.25, 0.3) is 0 Å². The molecule has 1 heterocycles. The summed E-state index contributed by atoms with van der Waals surface area (Å²) < 4.78 is 5.74. The zero-order valence-corrected chi connectivity index (χ0v) is 9.06. The first-order valence-electron chi connectivity index (χ1n) is 4.68. The highest BCUT2D eigenvalue weighted by molar-refractivity contribution is 6.32. The van der Waals surface area contributed by atoms with Crippen molar-refractivity contribution < 1.29 is 9.84 Å². The Balaban J connectivity index is 2.43. The van der Waals surface area contributed by atoms with Crippen LogP contribution in [0.4, 0.5) is 0 Å². The van der Waals surface area contributed by atoms with E-state index in [-0.39, 0.29) is 11.4 Å². The molecule has 0 aliphatic carbocycles. The van der Waals surface area contributed by atoms with Crippen molar-refractivity contribution in [1.29, 1.82) is 0 Å². The van der Waals surface area contributed by atoms with Crippen molar-refractivity contribution in [2.45, 2.75) is 32.3 Å². The quantitative estimate of drug-likeness (QED) is 0.716. The lowest BCUT2D eigenvalue weighted by Gasteiger charge is -2.32. The zero-order chi connectivity index (χ0) is 10.3. The van der Waals surface area contributed by atoms with Gasteiger partial charge in [-0.3, -0.25) is 0 Å². The van der Waals surface area contributed by atoms with Gasteiger partial charge in [-0.25, -0.2) is 0 Å². The number of hydrogen-bond donors (Lipinski definition) is 1. The van der Waals surface area contributed by atoms with Crippen molar-refractivity contribution in [2.75, 3.05) is 0 Å². The zero-order valence-electron chi connectivity index (χ0n) is 8.30. The van der Waals surface area contributed by atoms with E-state index in [1.807, 2.05) is 13.8 Å². The Bertz CT molecular complexity index is 372. The number of halogens is 1. The maximum atomic E-state index is 9.43. The van der Waals surface area contributed by atoms with Gasteiger partial charge in [0, 0.05) is 6.07 Å². The van der Waals surface area contributed by atoms with Crippen LogP contribution in [0.2, 0.25) is 5.02 Å². The molecule has 1 N–H and O–H groups in total. The van der Waals surface area contributed by atoms with E-state index in [2.05, 4.69) is 0 Å². The molecular weight excluding hydrogens is 200 g/mol. The molecule has 14 heavy (non-hydrogen) atoms. The number of fused-ring (bicyclic) bond motifs is 1. The Morgan fingerprint density at radius 3 is 2.86 bits per heavy atom. The van der Waals surface area contributed by atoms with Gasteiger partial charge in [0.05, 0.1) is 5.02 Å². The van der Waals surface area contributed by atoms with Gasteiger partial charge in [-0.05, 0) is 38.3 Å². The maximum Gasteiger partial charge on any atom is 0.137 e. The van der Waals surface area contributed by atoms with E-state index in [9.17, 15) is 5.11 Å². The smallest absolute Gasteiger partial charge is 0.137 e. The number of ether oxygens (including phenoxy) is 1. The van der Waals surface area contributed by atoms with Crippen LogP contribution in [0.1, 0.15) is 25.8 Å². The maximum absolute atomic E-state index is 9.43. The van der Waals surface area contributed by atoms with Gasteiger partial charge in [0.25, 0.3) is 0 Å². The van der Waals surface area contributed by atoms with Crippen molar-refractivity contribution in [1.82, 2.24) is 0 Å². The molecule has 0 unspecified atom stereocenters. The number of benzene rings is 1. The average Bonchev–Trinajstić information content (AvgIpc) is 2.07.